The van der Waals surface area contributed by atoms with E-state index in [4.69, 9.17) is 0 Å². The zero-order chi connectivity index (χ0) is 17.2. The second-order valence-electron chi connectivity index (χ2n) is 9.52. The number of nitriles is 1. The third kappa shape index (κ3) is 2.02. The van der Waals surface area contributed by atoms with E-state index in [1.807, 2.05) is 0 Å². The van der Waals surface area contributed by atoms with Crippen molar-refractivity contribution >= 4 is 0 Å². The van der Waals surface area contributed by atoms with E-state index in [9.17, 15) is 15.5 Å². The molecule has 0 radical (unpaired) electrons. The second-order valence-corrected chi connectivity index (χ2v) is 9.52. The van der Waals surface area contributed by atoms with Gasteiger partial charge in [0.1, 0.15) is 0 Å². The molecular weight excluding hydrogens is 298 g/mol. The van der Waals surface area contributed by atoms with Crippen molar-refractivity contribution < 1.29 is 10.2 Å². The highest BCUT2D eigenvalue weighted by atomic mass is 16.3. The lowest BCUT2D eigenvalue weighted by molar-refractivity contribution is -0.122. The van der Waals surface area contributed by atoms with Crippen LogP contribution in [0.3, 0.4) is 0 Å². The number of aliphatic hydroxyl groups excluding tert-OH is 1. The van der Waals surface area contributed by atoms with Crippen molar-refractivity contribution in [1.82, 2.24) is 0 Å². The SMILES string of the molecule is C[C@]12CCC(O)CC1=CC[C@@H]1[C@@H]2CC[C@@]2(C)[C@H]1CC[C@@]2(O)CC#N. The normalized spacial score (nSPS) is 53.4. The predicted octanol–water partition coefficient (Wildman–Crippen LogP) is 3.95. The van der Waals surface area contributed by atoms with Crippen molar-refractivity contribution in [1.29, 1.82) is 5.26 Å². The maximum absolute atomic E-state index is 11.2. The lowest BCUT2D eigenvalue weighted by Crippen LogP contribution is -2.54. The summed E-state index contributed by atoms with van der Waals surface area (Å²) in [7, 11) is 0. The fourth-order valence-corrected chi connectivity index (χ4v) is 7.17. The summed E-state index contributed by atoms with van der Waals surface area (Å²) < 4.78 is 0. The van der Waals surface area contributed by atoms with Crippen LogP contribution in [0.5, 0.6) is 0 Å². The number of hydrogen-bond donors (Lipinski definition) is 2. The zero-order valence-corrected chi connectivity index (χ0v) is 15.1. The van der Waals surface area contributed by atoms with Gasteiger partial charge in [-0.25, -0.2) is 0 Å². The van der Waals surface area contributed by atoms with Gasteiger partial charge in [-0.15, -0.1) is 0 Å². The largest absolute Gasteiger partial charge is 0.393 e. The van der Waals surface area contributed by atoms with Crippen LogP contribution in [0.2, 0.25) is 0 Å². The van der Waals surface area contributed by atoms with Crippen LogP contribution >= 0.6 is 0 Å². The Bertz CT molecular complexity index is 607. The standard InChI is InChI=1S/C21H31NO2/c1-19-8-5-15(23)13-14(19)3-4-16-17(19)6-9-20(2)18(16)7-10-21(20,24)11-12-22/h3,15-18,23-24H,4-11,13H2,1-2H3/t15?,16-,17+,18+,19+,20+,21-/m1/s1. The Labute approximate surface area is 145 Å². The molecule has 0 heterocycles. The lowest BCUT2D eigenvalue weighted by Gasteiger charge is -2.58. The Kier molecular flexibility index (Phi) is 3.68. The van der Waals surface area contributed by atoms with Crippen LogP contribution in [-0.2, 0) is 0 Å². The maximum Gasteiger partial charge on any atom is 0.0833 e. The van der Waals surface area contributed by atoms with Crippen molar-refractivity contribution in [2.45, 2.75) is 83.3 Å². The minimum absolute atomic E-state index is 0.0974. The van der Waals surface area contributed by atoms with Gasteiger partial charge in [-0.1, -0.05) is 25.5 Å². The van der Waals surface area contributed by atoms with Crippen molar-refractivity contribution in [2.24, 2.45) is 28.6 Å². The van der Waals surface area contributed by atoms with Crippen molar-refractivity contribution in [3.63, 3.8) is 0 Å². The fraction of sp³-hybridized carbons (Fsp3) is 0.857. The third-order valence-electron chi connectivity index (χ3n) is 8.77. The van der Waals surface area contributed by atoms with Crippen LogP contribution < -0.4 is 0 Å². The van der Waals surface area contributed by atoms with Gasteiger partial charge in [0.15, 0.2) is 0 Å². The maximum atomic E-state index is 11.2. The van der Waals surface area contributed by atoms with Crippen molar-refractivity contribution in [3.05, 3.63) is 11.6 Å². The van der Waals surface area contributed by atoms with E-state index < -0.39 is 5.60 Å². The molecular formula is C21H31NO2. The second kappa shape index (κ2) is 5.32. The third-order valence-corrected chi connectivity index (χ3v) is 8.77. The number of allylic oxidation sites excluding steroid dienone is 1. The van der Waals surface area contributed by atoms with Gasteiger partial charge in [0.05, 0.1) is 24.2 Å². The molecule has 0 aromatic carbocycles. The van der Waals surface area contributed by atoms with E-state index in [1.165, 1.54) is 5.57 Å². The molecule has 4 rings (SSSR count). The molecule has 4 aliphatic carbocycles. The molecule has 0 aromatic heterocycles. The minimum Gasteiger partial charge on any atom is -0.393 e. The summed E-state index contributed by atoms with van der Waals surface area (Å²) in [4.78, 5) is 0. The molecule has 2 N–H and O–H groups in total. The van der Waals surface area contributed by atoms with E-state index in [1.54, 1.807) is 0 Å². The highest BCUT2D eigenvalue weighted by Crippen LogP contribution is 2.67. The summed E-state index contributed by atoms with van der Waals surface area (Å²) in [5, 5.41) is 30.5. The topological polar surface area (TPSA) is 64.2 Å². The van der Waals surface area contributed by atoms with Crippen LogP contribution in [0.25, 0.3) is 0 Å². The molecule has 0 amide bonds. The average molecular weight is 329 g/mol. The van der Waals surface area contributed by atoms with Gasteiger partial charge in [0.2, 0.25) is 0 Å². The van der Waals surface area contributed by atoms with Gasteiger partial charge in [0.25, 0.3) is 0 Å². The monoisotopic (exact) mass is 329 g/mol. The van der Waals surface area contributed by atoms with Gasteiger partial charge in [-0.3, -0.25) is 0 Å². The molecule has 3 heteroatoms. The Morgan fingerprint density at radius 1 is 1.17 bits per heavy atom. The van der Waals surface area contributed by atoms with E-state index in [-0.39, 0.29) is 23.4 Å². The smallest absolute Gasteiger partial charge is 0.0833 e. The molecule has 132 valence electrons. The molecule has 0 saturated heterocycles. The number of aliphatic hydroxyl groups is 2. The first-order valence-electron chi connectivity index (χ1n) is 9.81. The van der Waals surface area contributed by atoms with Gasteiger partial charge in [-0.2, -0.15) is 5.26 Å². The molecule has 0 bridgehead atoms. The summed E-state index contributed by atoms with van der Waals surface area (Å²) in [5.41, 5.74) is 0.862. The fourth-order valence-electron chi connectivity index (χ4n) is 7.17. The Morgan fingerprint density at radius 3 is 2.67 bits per heavy atom. The molecule has 0 spiro atoms. The Balaban J connectivity index is 1.67. The van der Waals surface area contributed by atoms with Crippen LogP contribution in [0, 0.1) is 39.9 Å². The van der Waals surface area contributed by atoms with Gasteiger partial charge >= 0.3 is 0 Å². The summed E-state index contributed by atoms with van der Waals surface area (Å²) in [6, 6.07) is 2.25. The summed E-state index contributed by atoms with van der Waals surface area (Å²) in [6.07, 6.45) is 10.6. The number of fused-ring (bicyclic) bond motifs is 5. The van der Waals surface area contributed by atoms with E-state index in [0.717, 1.165) is 51.4 Å². The van der Waals surface area contributed by atoms with Crippen LogP contribution in [0.4, 0.5) is 0 Å². The predicted molar refractivity (Wildman–Crippen MR) is 92.9 cm³/mol. The zero-order valence-electron chi connectivity index (χ0n) is 15.1. The first-order chi connectivity index (χ1) is 11.3. The van der Waals surface area contributed by atoms with Crippen molar-refractivity contribution in [3.8, 4) is 6.07 Å². The molecule has 0 aliphatic heterocycles. The highest BCUT2D eigenvalue weighted by Gasteiger charge is 2.63. The van der Waals surface area contributed by atoms with Gasteiger partial charge < -0.3 is 10.2 Å². The number of nitrogens with zero attached hydrogens (tertiary/aromatic N) is 1. The number of hydrogen-bond acceptors (Lipinski definition) is 3. The Hall–Kier alpha value is -0.850. The highest BCUT2D eigenvalue weighted by molar-refractivity contribution is 5.26. The Morgan fingerprint density at radius 2 is 1.92 bits per heavy atom. The number of rotatable bonds is 1. The molecule has 1 unspecified atom stereocenters. The molecule has 24 heavy (non-hydrogen) atoms. The van der Waals surface area contributed by atoms with Gasteiger partial charge in [-0.05, 0) is 74.5 Å². The molecule has 3 nitrogen and oxygen atoms in total. The first kappa shape index (κ1) is 16.6. The molecule has 4 aliphatic rings. The van der Waals surface area contributed by atoms with Crippen LogP contribution in [0.1, 0.15) is 71.6 Å². The quantitative estimate of drug-likeness (QED) is 0.716. The van der Waals surface area contributed by atoms with E-state index in [2.05, 4.69) is 26.0 Å². The molecule has 3 fully saturated rings. The molecule has 0 aromatic rings. The minimum atomic E-state index is -0.787. The van der Waals surface area contributed by atoms with E-state index >= 15 is 0 Å². The van der Waals surface area contributed by atoms with Gasteiger partial charge in [0, 0.05) is 5.41 Å². The first-order valence-corrected chi connectivity index (χ1v) is 9.81. The summed E-state index contributed by atoms with van der Waals surface area (Å²) in [6.45, 7) is 4.69. The van der Waals surface area contributed by atoms with Crippen molar-refractivity contribution in [2.75, 3.05) is 0 Å². The van der Waals surface area contributed by atoms with Crippen LogP contribution in [0.15, 0.2) is 11.6 Å². The lowest BCUT2D eigenvalue weighted by atomic mass is 9.47. The molecule has 7 atom stereocenters. The van der Waals surface area contributed by atoms with E-state index in [0.29, 0.717) is 17.8 Å². The molecule has 3 saturated carbocycles. The summed E-state index contributed by atoms with van der Waals surface area (Å²) >= 11 is 0. The summed E-state index contributed by atoms with van der Waals surface area (Å²) in [5.74, 6) is 1.86. The van der Waals surface area contributed by atoms with Crippen LogP contribution in [-0.4, -0.2) is 21.9 Å². The average Bonchev–Trinajstić information content (AvgIpc) is 2.80.